The molecule has 1 rings (SSSR count). The minimum Gasteiger partial charge on any atom is -0.363 e. The van der Waals surface area contributed by atoms with Crippen LogP contribution in [0.3, 0.4) is 0 Å². The SMILES string of the molecule is C=CCC(C)CC(CC)[C@](C)(O)OOC1CCC(CC(=O)NCC(C)(C)N)CC1. The Kier molecular flexibility index (Phi) is 10.8. The van der Waals surface area contributed by atoms with Gasteiger partial charge in [0.05, 0.1) is 6.10 Å². The number of rotatable bonds is 13. The summed E-state index contributed by atoms with van der Waals surface area (Å²) in [5.74, 6) is -0.440. The maximum absolute atomic E-state index is 12.1. The summed E-state index contributed by atoms with van der Waals surface area (Å²) in [6.07, 6.45) is 8.52. The second-order valence-corrected chi connectivity index (χ2v) is 9.82. The average molecular weight is 413 g/mol. The van der Waals surface area contributed by atoms with Crippen molar-refractivity contribution < 1.29 is 19.7 Å². The fraction of sp³-hybridized carbons (Fsp3) is 0.870. The lowest BCUT2D eigenvalue weighted by molar-refractivity contribution is -0.447. The van der Waals surface area contributed by atoms with Gasteiger partial charge in [-0.3, -0.25) is 4.79 Å². The molecule has 1 amide bonds. The van der Waals surface area contributed by atoms with Gasteiger partial charge >= 0.3 is 0 Å². The number of nitrogens with one attached hydrogen (secondary N) is 1. The lowest BCUT2D eigenvalue weighted by atomic mass is 9.85. The average Bonchev–Trinajstić information content (AvgIpc) is 2.63. The zero-order valence-electron chi connectivity index (χ0n) is 19.2. The molecule has 1 saturated carbocycles. The van der Waals surface area contributed by atoms with Crippen LogP contribution < -0.4 is 11.1 Å². The van der Waals surface area contributed by atoms with Crippen LogP contribution in [-0.4, -0.2) is 35.0 Å². The van der Waals surface area contributed by atoms with Gasteiger partial charge in [-0.2, -0.15) is 0 Å². The van der Waals surface area contributed by atoms with Gasteiger partial charge in [-0.1, -0.05) is 19.9 Å². The largest absolute Gasteiger partial charge is 0.363 e. The Balaban J connectivity index is 2.36. The van der Waals surface area contributed by atoms with Crippen LogP contribution in [0, 0.1) is 17.8 Å². The van der Waals surface area contributed by atoms with E-state index in [2.05, 4.69) is 25.7 Å². The van der Waals surface area contributed by atoms with Gasteiger partial charge in [-0.15, -0.1) is 6.58 Å². The normalized spacial score (nSPS) is 24.4. The zero-order valence-corrected chi connectivity index (χ0v) is 19.2. The Morgan fingerprint density at radius 3 is 2.45 bits per heavy atom. The lowest BCUT2D eigenvalue weighted by Crippen LogP contribution is -2.45. The van der Waals surface area contributed by atoms with Crippen molar-refractivity contribution in [3.8, 4) is 0 Å². The summed E-state index contributed by atoms with van der Waals surface area (Å²) < 4.78 is 0. The number of aliphatic hydroxyl groups is 1. The predicted octanol–water partition coefficient (Wildman–Crippen LogP) is 4.07. The van der Waals surface area contributed by atoms with Gasteiger partial charge in [0.15, 0.2) is 5.79 Å². The number of hydrogen-bond acceptors (Lipinski definition) is 5. The highest BCUT2D eigenvalue weighted by atomic mass is 17.2. The maximum atomic E-state index is 12.1. The molecule has 6 nitrogen and oxygen atoms in total. The van der Waals surface area contributed by atoms with Gasteiger partial charge in [0, 0.05) is 24.4 Å². The smallest absolute Gasteiger partial charge is 0.220 e. The summed E-state index contributed by atoms with van der Waals surface area (Å²) in [4.78, 5) is 23.2. The van der Waals surface area contributed by atoms with Gasteiger partial charge in [0.25, 0.3) is 0 Å². The molecule has 0 aromatic rings. The van der Waals surface area contributed by atoms with Gasteiger partial charge < -0.3 is 16.2 Å². The summed E-state index contributed by atoms with van der Waals surface area (Å²) in [6, 6.07) is 0. The molecule has 6 heteroatoms. The Bertz CT molecular complexity index is 494. The molecule has 29 heavy (non-hydrogen) atoms. The van der Waals surface area contributed by atoms with Crippen molar-refractivity contribution in [2.45, 2.75) is 103 Å². The minimum absolute atomic E-state index is 0.00396. The summed E-state index contributed by atoms with van der Waals surface area (Å²) in [5, 5.41) is 13.7. The third kappa shape index (κ3) is 10.6. The molecular weight excluding hydrogens is 368 g/mol. The van der Waals surface area contributed by atoms with Crippen molar-refractivity contribution in [1.82, 2.24) is 5.32 Å². The molecule has 0 heterocycles. The van der Waals surface area contributed by atoms with E-state index >= 15 is 0 Å². The molecular formula is C23H44N2O4. The van der Waals surface area contributed by atoms with E-state index in [1.165, 1.54) is 0 Å². The molecule has 1 aliphatic carbocycles. The summed E-state index contributed by atoms with van der Waals surface area (Å²) in [6.45, 7) is 14.0. The van der Waals surface area contributed by atoms with Crippen molar-refractivity contribution in [3.63, 3.8) is 0 Å². The highest BCUT2D eigenvalue weighted by molar-refractivity contribution is 5.76. The maximum Gasteiger partial charge on any atom is 0.220 e. The van der Waals surface area contributed by atoms with Gasteiger partial charge in [-0.05, 0) is 77.6 Å². The third-order valence-electron chi connectivity index (χ3n) is 5.87. The summed E-state index contributed by atoms with van der Waals surface area (Å²) in [7, 11) is 0. The summed E-state index contributed by atoms with van der Waals surface area (Å²) in [5.41, 5.74) is 5.51. The molecule has 2 unspecified atom stereocenters. The predicted molar refractivity (Wildman–Crippen MR) is 117 cm³/mol. The van der Waals surface area contributed by atoms with E-state index in [0.29, 0.717) is 24.8 Å². The zero-order chi connectivity index (χ0) is 22.1. The lowest BCUT2D eigenvalue weighted by Gasteiger charge is -2.35. The van der Waals surface area contributed by atoms with Crippen LogP contribution in [0.5, 0.6) is 0 Å². The molecule has 0 saturated heterocycles. The standard InChI is InChI=1S/C23H44N2O4/c1-7-9-17(3)14-19(8-2)23(6,27)29-28-20-12-10-18(11-13-20)15-21(26)25-16-22(4,5)24/h7,17-20,27H,1,8-16,24H2,2-6H3,(H,25,26)/t17?,18?,19?,20?,23-/m1/s1. The molecule has 0 aliphatic heterocycles. The first-order valence-corrected chi connectivity index (χ1v) is 11.2. The first-order valence-electron chi connectivity index (χ1n) is 11.2. The van der Waals surface area contributed by atoms with Gasteiger partial charge in [-0.25, -0.2) is 9.78 Å². The molecule has 170 valence electrons. The number of carbonyl (C=O) groups is 1. The Morgan fingerprint density at radius 2 is 1.93 bits per heavy atom. The Hall–Kier alpha value is -0.950. The monoisotopic (exact) mass is 412 g/mol. The van der Waals surface area contributed by atoms with Crippen molar-refractivity contribution >= 4 is 5.91 Å². The van der Waals surface area contributed by atoms with Crippen molar-refractivity contribution in [1.29, 1.82) is 0 Å². The van der Waals surface area contributed by atoms with E-state index in [9.17, 15) is 9.90 Å². The number of amides is 1. The quantitative estimate of drug-likeness (QED) is 0.183. The molecule has 1 fully saturated rings. The van der Waals surface area contributed by atoms with E-state index in [0.717, 1.165) is 44.9 Å². The van der Waals surface area contributed by atoms with Crippen LogP contribution in [0.15, 0.2) is 12.7 Å². The van der Waals surface area contributed by atoms with Crippen LogP contribution in [0.2, 0.25) is 0 Å². The topological polar surface area (TPSA) is 93.8 Å². The van der Waals surface area contributed by atoms with Crippen molar-refractivity contribution in [3.05, 3.63) is 12.7 Å². The number of carbonyl (C=O) groups excluding carboxylic acids is 1. The minimum atomic E-state index is -1.31. The number of hydrogen-bond donors (Lipinski definition) is 3. The molecule has 1 aliphatic rings. The van der Waals surface area contributed by atoms with Crippen LogP contribution >= 0.6 is 0 Å². The molecule has 0 bridgehead atoms. The first-order chi connectivity index (χ1) is 13.5. The Morgan fingerprint density at radius 1 is 1.31 bits per heavy atom. The van der Waals surface area contributed by atoms with Crippen LogP contribution in [0.25, 0.3) is 0 Å². The molecule has 4 N–H and O–H groups in total. The molecule has 3 atom stereocenters. The fourth-order valence-corrected chi connectivity index (χ4v) is 3.96. The third-order valence-corrected chi connectivity index (χ3v) is 5.87. The fourth-order valence-electron chi connectivity index (χ4n) is 3.96. The number of nitrogens with two attached hydrogens (primary N) is 1. The second kappa shape index (κ2) is 12.0. The van der Waals surface area contributed by atoms with E-state index in [4.69, 9.17) is 15.5 Å². The van der Waals surface area contributed by atoms with Crippen LogP contribution in [0.4, 0.5) is 0 Å². The van der Waals surface area contributed by atoms with Crippen LogP contribution in [0.1, 0.15) is 86.0 Å². The number of allylic oxidation sites excluding steroid dienone is 1. The first kappa shape index (κ1) is 26.1. The summed E-state index contributed by atoms with van der Waals surface area (Å²) >= 11 is 0. The highest BCUT2D eigenvalue weighted by Crippen LogP contribution is 2.33. The van der Waals surface area contributed by atoms with Crippen LogP contribution in [-0.2, 0) is 14.6 Å². The van der Waals surface area contributed by atoms with E-state index in [1.54, 1.807) is 6.92 Å². The molecule has 0 aromatic heterocycles. The van der Waals surface area contributed by atoms with E-state index < -0.39 is 11.3 Å². The molecule has 0 spiro atoms. The second-order valence-electron chi connectivity index (χ2n) is 9.82. The van der Waals surface area contributed by atoms with Gasteiger partial charge in [0.2, 0.25) is 5.91 Å². The van der Waals surface area contributed by atoms with E-state index in [-0.39, 0.29) is 17.9 Å². The van der Waals surface area contributed by atoms with E-state index in [1.807, 2.05) is 19.9 Å². The van der Waals surface area contributed by atoms with Gasteiger partial charge in [0.1, 0.15) is 0 Å². The highest BCUT2D eigenvalue weighted by Gasteiger charge is 2.35. The van der Waals surface area contributed by atoms with Crippen molar-refractivity contribution in [2.75, 3.05) is 6.54 Å². The molecule has 0 aromatic carbocycles. The molecule has 0 radical (unpaired) electrons. The van der Waals surface area contributed by atoms with Crippen molar-refractivity contribution in [2.24, 2.45) is 23.5 Å². The Labute approximate surface area is 177 Å².